The molecule has 0 unspecified atom stereocenters. The molecule has 0 saturated heterocycles. The average Bonchev–Trinajstić information content (AvgIpc) is 3.49. The van der Waals surface area contributed by atoms with Gasteiger partial charge >= 0.3 is 0 Å². The number of nitrogens with one attached hydrogen (secondary N) is 3. The van der Waals surface area contributed by atoms with Crippen molar-refractivity contribution in [2.24, 2.45) is 0 Å². The summed E-state index contributed by atoms with van der Waals surface area (Å²) in [4.78, 5) is 13.3. The van der Waals surface area contributed by atoms with Crippen LogP contribution >= 0.6 is 11.3 Å². The Morgan fingerprint density at radius 3 is 2.39 bits per heavy atom. The third-order valence-electron chi connectivity index (χ3n) is 6.42. The van der Waals surface area contributed by atoms with Crippen molar-refractivity contribution in [2.75, 3.05) is 11.3 Å². The first-order chi connectivity index (χ1) is 19.6. The highest BCUT2D eigenvalue weighted by Crippen LogP contribution is 2.20. The molecule has 0 spiro atoms. The molecule has 4 rings (SSSR count). The number of hydrogen-bond donors (Lipinski definition) is 4. The molecule has 3 aromatic carbocycles. The van der Waals surface area contributed by atoms with E-state index in [0.29, 0.717) is 6.54 Å². The first kappa shape index (κ1) is 30.3. The Hall–Kier alpha value is -3.64. The minimum atomic E-state index is -3.83. The van der Waals surface area contributed by atoms with Crippen LogP contribution in [-0.4, -0.2) is 38.1 Å². The Balaban J connectivity index is 1.48. The second-order valence-electron chi connectivity index (χ2n) is 9.58. The topological polar surface area (TPSA) is 108 Å². The first-order valence-electron chi connectivity index (χ1n) is 13.0. The number of halogens is 2. The number of benzene rings is 3. The summed E-state index contributed by atoms with van der Waals surface area (Å²) in [6.45, 7) is 2.64. The van der Waals surface area contributed by atoms with Gasteiger partial charge in [0, 0.05) is 35.8 Å². The maximum atomic E-state index is 13.9. The van der Waals surface area contributed by atoms with Crippen molar-refractivity contribution in [1.29, 1.82) is 0 Å². The van der Waals surface area contributed by atoms with Crippen molar-refractivity contribution in [3.05, 3.63) is 117 Å². The van der Waals surface area contributed by atoms with Gasteiger partial charge in [0.25, 0.3) is 15.9 Å². The zero-order chi connectivity index (χ0) is 29.4. The molecular weight excluding hydrogens is 568 g/mol. The molecule has 1 aromatic heterocycles. The van der Waals surface area contributed by atoms with E-state index in [2.05, 4.69) is 28.3 Å². The fourth-order valence-corrected chi connectivity index (χ4v) is 6.41. The summed E-state index contributed by atoms with van der Waals surface area (Å²) in [7, 11) is -3.83. The smallest absolute Gasteiger partial charge is 0.262 e. The molecule has 0 aliphatic rings. The van der Waals surface area contributed by atoms with Crippen LogP contribution < -0.4 is 15.4 Å². The number of rotatable bonds is 13. The van der Waals surface area contributed by atoms with E-state index in [-0.39, 0.29) is 34.7 Å². The quantitative estimate of drug-likeness (QED) is 0.175. The fourth-order valence-electron chi connectivity index (χ4n) is 4.33. The predicted octanol–water partition coefficient (Wildman–Crippen LogP) is 4.88. The van der Waals surface area contributed by atoms with Gasteiger partial charge in [0.05, 0.1) is 17.0 Å². The van der Waals surface area contributed by atoms with Crippen LogP contribution in [0, 0.1) is 11.6 Å². The number of anilines is 1. The van der Waals surface area contributed by atoms with Crippen LogP contribution in [0.4, 0.5) is 14.5 Å². The lowest BCUT2D eigenvalue weighted by atomic mass is 10.00. The summed E-state index contributed by atoms with van der Waals surface area (Å²) in [6.07, 6.45) is -0.260. The van der Waals surface area contributed by atoms with Crippen LogP contribution in [0.1, 0.15) is 34.0 Å². The van der Waals surface area contributed by atoms with Crippen LogP contribution in [-0.2, 0) is 29.4 Å². The van der Waals surface area contributed by atoms with Gasteiger partial charge in [-0.3, -0.25) is 9.52 Å². The van der Waals surface area contributed by atoms with Gasteiger partial charge in [-0.1, -0.05) is 37.3 Å². The molecule has 216 valence electrons. The van der Waals surface area contributed by atoms with Crippen LogP contribution in [0.2, 0.25) is 0 Å². The average molecular weight is 600 g/mol. The maximum absolute atomic E-state index is 13.9. The highest BCUT2D eigenvalue weighted by molar-refractivity contribution is 7.92. The van der Waals surface area contributed by atoms with Crippen molar-refractivity contribution in [2.45, 2.75) is 43.4 Å². The van der Waals surface area contributed by atoms with Gasteiger partial charge in [-0.2, -0.15) is 11.3 Å². The van der Waals surface area contributed by atoms with Gasteiger partial charge in [0.2, 0.25) is 0 Å². The molecule has 7 nitrogen and oxygen atoms in total. The Kier molecular flexibility index (Phi) is 10.2. The molecule has 0 radical (unpaired) electrons. The zero-order valence-corrected chi connectivity index (χ0v) is 23.9. The fraction of sp³-hybridized carbons (Fsp3) is 0.233. The normalized spacial score (nSPS) is 13.0. The Labute approximate surface area is 242 Å². The molecule has 2 atom stereocenters. The molecule has 1 heterocycles. The zero-order valence-electron chi connectivity index (χ0n) is 22.3. The first-order valence-corrected chi connectivity index (χ1v) is 15.4. The predicted molar refractivity (Wildman–Crippen MR) is 156 cm³/mol. The van der Waals surface area contributed by atoms with Gasteiger partial charge in [-0.05, 0) is 71.3 Å². The van der Waals surface area contributed by atoms with E-state index in [9.17, 15) is 27.1 Å². The molecule has 0 aliphatic carbocycles. The molecule has 0 saturated carbocycles. The highest BCUT2D eigenvalue weighted by Gasteiger charge is 2.24. The standard InChI is InChI=1S/C30H31F2N3O4S2/c1-2-20-5-3-6-21(11-20)17-33-18-29(36)28(14-22-12-24(31)16-25(32)13-22)34-30(37)23-7-4-8-26(15-23)35-41(38,39)27-9-10-40-19-27/h3-13,15-16,19,28-29,33,35-36H,2,14,17-18H2,1H3,(H,34,37)/t28-,29+/m0/s1. The van der Waals surface area contributed by atoms with Crippen molar-refractivity contribution >= 4 is 33.0 Å². The van der Waals surface area contributed by atoms with E-state index in [1.165, 1.54) is 52.6 Å². The van der Waals surface area contributed by atoms with Crippen molar-refractivity contribution in [3.63, 3.8) is 0 Å². The van der Waals surface area contributed by atoms with Crippen LogP contribution in [0.3, 0.4) is 0 Å². The molecule has 0 fully saturated rings. The van der Waals surface area contributed by atoms with Crippen LogP contribution in [0.15, 0.2) is 88.5 Å². The number of aliphatic hydroxyl groups is 1. The molecule has 41 heavy (non-hydrogen) atoms. The Morgan fingerprint density at radius 2 is 1.68 bits per heavy atom. The summed E-state index contributed by atoms with van der Waals surface area (Å²) >= 11 is 1.24. The SMILES string of the molecule is CCc1cccc(CNC[C@@H](O)[C@H](Cc2cc(F)cc(F)c2)NC(=O)c2cccc(NS(=O)(=O)c3ccsc3)c2)c1. The number of hydrogen-bond acceptors (Lipinski definition) is 6. The summed E-state index contributed by atoms with van der Waals surface area (Å²) < 4.78 is 55.4. The van der Waals surface area contributed by atoms with Crippen LogP contribution in [0.25, 0.3) is 0 Å². The molecule has 4 aromatic rings. The molecular formula is C30H31F2N3O4S2. The third kappa shape index (κ3) is 8.67. The Morgan fingerprint density at radius 1 is 0.951 bits per heavy atom. The summed E-state index contributed by atoms with van der Waals surface area (Å²) in [5, 5.41) is 20.1. The number of sulfonamides is 1. The van der Waals surface area contributed by atoms with Gasteiger partial charge < -0.3 is 15.7 Å². The lowest BCUT2D eigenvalue weighted by Gasteiger charge is -2.25. The second kappa shape index (κ2) is 13.8. The van der Waals surface area contributed by atoms with Gasteiger partial charge in [0.15, 0.2) is 0 Å². The van der Waals surface area contributed by atoms with E-state index in [4.69, 9.17) is 0 Å². The second-order valence-corrected chi connectivity index (χ2v) is 12.0. The molecule has 0 aliphatic heterocycles. The van der Waals surface area contributed by atoms with Crippen molar-refractivity contribution in [1.82, 2.24) is 10.6 Å². The molecule has 1 amide bonds. The lowest BCUT2D eigenvalue weighted by molar-refractivity contribution is 0.0830. The summed E-state index contributed by atoms with van der Waals surface area (Å²) in [5.41, 5.74) is 2.81. The summed E-state index contributed by atoms with van der Waals surface area (Å²) in [5.74, 6) is -2.11. The number of thiophene rings is 1. The Bertz CT molecular complexity index is 1560. The minimum Gasteiger partial charge on any atom is -0.390 e. The van der Waals surface area contributed by atoms with Gasteiger partial charge in [-0.25, -0.2) is 17.2 Å². The van der Waals surface area contributed by atoms with Crippen molar-refractivity contribution in [3.8, 4) is 0 Å². The molecule has 0 bridgehead atoms. The van der Waals surface area contributed by atoms with E-state index < -0.39 is 39.7 Å². The van der Waals surface area contributed by atoms with E-state index >= 15 is 0 Å². The maximum Gasteiger partial charge on any atom is 0.262 e. The number of carbonyl (C=O) groups excluding carboxylic acids is 1. The third-order valence-corrected chi connectivity index (χ3v) is 8.63. The highest BCUT2D eigenvalue weighted by atomic mass is 32.2. The number of aliphatic hydroxyl groups excluding tert-OH is 1. The number of amides is 1. The summed E-state index contributed by atoms with van der Waals surface area (Å²) in [6, 6.07) is 17.6. The molecule has 4 N–H and O–H groups in total. The van der Waals surface area contributed by atoms with Gasteiger partial charge in [0.1, 0.15) is 11.6 Å². The van der Waals surface area contributed by atoms with E-state index in [0.717, 1.165) is 30.2 Å². The number of aryl methyl sites for hydroxylation is 1. The lowest BCUT2D eigenvalue weighted by Crippen LogP contribution is -2.48. The van der Waals surface area contributed by atoms with Crippen LogP contribution in [0.5, 0.6) is 0 Å². The number of carbonyl (C=O) groups is 1. The van der Waals surface area contributed by atoms with E-state index in [1.54, 1.807) is 5.38 Å². The largest absolute Gasteiger partial charge is 0.390 e. The van der Waals surface area contributed by atoms with E-state index in [1.807, 2.05) is 18.2 Å². The molecule has 11 heteroatoms. The minimum absolute atomic E-state index is 0.0426. The van der Waals surface area contributed by atoms with Crippen molar-refractivity contribution < 1.29 is 27.1 Å². The monoisotopic (exact) mass is 599 g/mol. The van der Waals surface area contributed by atoms with Gasteiger partial charge in [-0.15, -0.1) is 0 Å².